The Labute approximate surface area is 115 Å². The Balaban J connectivity index is 2.34. The molecule has 1 unspecified atom stereocenters. The highest BCUT2D eigenvalue weighted by Gasteiger charge is 2.16. The van der Waals surface area contributed by atoms with Crippen molar-refractivity contribution in [2.24, 2.45) is 5.73 Å². The molecule has 0 saturated carbocycles. The summed E-state index contributed by atoms with van der Waals surface area (Å²) in [5, 5.41) is 9.77. The Bertz CT molecular complexity index is 391. The van der Waals surface area contributed by atoms with E-state index >= 15 is 0 Å². The molecule has 0 aliphatic rings. The topological polar surface area (TPSA) is 64.7 Å². The van der Waals surface area contributed by atoms with Crippen molar-refractivity contribution in [1.29, 1.82) is 0 Å². The molecule has 0 fully saturated rings. The summed E-state index contributed by atoms with van der Waals surface area (Å²) in [4.78, 5) is 0. The first-order valence-corrected chi connectivity index (χ1v) is 6.68. The van der Waals surface area contributed by atoms with Gasteiger partial charge in [0.25, 0.3) is 0 Å². The molecule has 19 heavy (non-hydrogen) atoms. The van der Waals surface area contributed by atoms with Crippen molar-refractivity contribution in [2.75, 3.05) is 20.3 Å². The van der Waals surface area contributed by atoms with Gasteiger partial charge < -0.3 is 20.3 Å². The van der Waals surface area contributed by atoms with Crippen LogP contribution in [0.4, 0.5) is 0 Å². The van der Waals surface area contributed by atoms with Crippen LogP contribution in [0.1, 0.15) is 31.7 Å². The van der Waals surface area contributed by atoms with Crippen molar-refractivity contribution in [3.8, 4) is 11.5 Å². The molecule has 4 nitrogen and oxygen atoms in total. The van der Waals surface area contributed by atoms with Crippen LogP contribution in [0.2, 0.25) is 0 Å². The number of ether oxygens (including phenoxy) is 2. The molecule has 108 valence electrons. The number of benzene rings is 1. The van der Waals surface area contributed by atoms with Gasteiger partial charge in [-0.05, 0) is 50.8 Å². The van der Waals surface area contributed by atoms with Gasteiger partial charge in [-0.1, -0.05) is 6.07 Å². The van der Waals surface area contributed by atoms with Gasteiger partial charge in [-0.25, -0.2) is 0 Å². The SMILES string of the molecule is COc1cc(C)ccc1OCCCCC(C)(O)CN. The molecule has 0 bridgehead atoms. The van der Waals surface area contributed by atoms with Crippen LogP contribution in [0.15, 0.2) is 18.2 Å². The van der Waals surface area contributed by atoms with Gasteiger partial charge in [-0.3, -0.25) is 0 Å². The van der Waals surface area contributed by atoms with Gasteiger partial charge in [0.1, 0.15) is 0 Å². The van der Waals surface area contributed by atoms with Crippen molar-refractivity contribution in [3.05, 3.63) is 23.8 Å². The lowest BCUT2D eigenvalue weighted by Gasteiger charge is -2.20. The maximum absolute atomic E-state index is 9.77. The van der Waals surface area contributed by atoms with E-state index < -0.39 is 5.60 Å². The molecule has 1 aromatic rings. The van der Waals surface area contributed by atoms with Crippen LogP contribution in [-0.2, 0) is 0 Å². The van der Waals surface area contributed by atoms with E-state index in [1.54, 1.807) is 14.0 Å². The van der Waals surface area contributed by atoms with Gasteiger partial charge in [0.2, 0.25) is 0 Å². The Morgan fingerprint density at radius 1 is 1.26 bits per heavy atom. The van der Waals surface area contributed by atoms with Gasteiger partial charge in [0.05, 0.1) is 19.3 Å². The van der Waals surface area contributed by atoms with Crippen LogP contribution in [-0.4, -0.2) is 31.0 Å². The van der Waals surface area contributed by atoms with Crippen molar-refractivity contribution in [1.82, 2.24) is 0 Å². The zero-order valence-corrected chi connectivity index (χ0v) is 12.1. The standard InChI is InChI=1S/C15H25NO3/c1-12-6-7-13(14(10-12)18-3)19-9-5-4-8-15(2,17)11-16/h6-7,10,17H,4-5,8-9,11,16H2,1-3H3. The van der Waals surface area contributed by atoms with E-state index in [4.69, 9.17) is 15.2 Å². The summed E-state index contributed by atoms with van der Waals surface area (Å²) in [5.41, 5.74) is 5.85. The van der Waals surface area contributed by atoms with Crippen LogP contribution >= 0.6 is 0 Å². The molecule has 0 heterocycles. The van der Waals surface area contributed by atoms with E-state index in [0.717, 1.165) is 29.9 Å². The second-order valence-electron chi connectivity index (χ2n) is 5.16. The number of hydrogen-bond donors (Lipinski definition) is 2. The summed E-state index contributed by atoms with van der Waals surface area (Å²) < 4.78 is 11.0. The fraction of sp³-hybridized carbons (Fsp3) is 0.600. The second kappa shape index (κ2) is 7.36. The van der Waals surface area contributed by atoms with Crippen LogP contribution in [0, 0.1) is 6.92 Å². The average Bonchev–Trinajstić information content (AvgIpc) is 2.39. The zero-order chi connectivity index (χ0) is 14.3. The number of aliphatic hydroxyl groups is 1. The van der Waals surface area contributed by atoms with Crippen molar-refractivity contribution in [3.63, 3.8) is 0 Å². The minimum atomic E-state index is -0.762. The maximum Gasteiger partial charge on any atom is 0.161 e. The Morgan fingerprint density at radius 3 is 2.63 bits per heavy atom. The van der Waals surface area contributed by atoms with Crippen LogP contribution < -0.4 is 15.2 Å². The predicted molar refractivity (Wildman–Crippen MR) is 76.8 cm³/mol. The van der Waals surface area contributed by atoms with Crippen LogP contribution in [0.5, 0.6) is 11.5 Å². The monoisotopic (exact) mass is 267 g/mol. The first-order valence-electron chi connectivity index (χ1n) is 6.68. The molecule has 0 spiro atoms. The quantitative estimate of drug-likeness (QED) is 0.709. The number of methoxy groups -OCH3 is 1. The summed E-state index contributed by atoms with van der Waals surface area (Å²) in [5.74, 6) is 1.52. The number of rotatable bonds is 8. The Morgan fingerprint density at radius 2 is 2.00 bits per heavy atom. The van der Waals surface area contributed by atoms with E-state index in [1.807, 2.05) is 25.1 Å². The fourth-order valence-corrected chi connectivity index (χ4v) is 1.79. The Hall–Kier alpha value is -1.26. The summed E-state index contributed by atoms with van der Waals surface area (Å²) in [6.07, 6.45) is 2.46. The molecule has 0 aromatic heterocycles. The number of unbranched alkanes of at least 4 members (excludes halogenated alkanes) is 1. The predicted octanol–water partition coefficient (Wildman–Crippen LogP) is 2.26. The third kappa shape index (κ3) is 5.49. The van der Waals surface area contributed by atoms with E-state index in [-0.39, 0.29) is 0 Å². The first kappa shape index (κ1) is 15.8. The van der Waals surface area contributed by atoms with E-state index in [2.05, 4.69) is 0 Å². The van der Waals surface area contributed by atoms with E-state index in [0.29, 0.717) is 19.6 Å². The maximum atomic E-state index is 9.77. The Kier molecular flexibility index (Phi) is 6.12. The lowest BCUT2D eigenvalue weighted by atomic mass is 10.00. The molecule has 3 N–H and O–H groups in total. The number of nitrogens with two attached hydrogens (primary N) is 1. The number of aryl methyl sites for hydroxylation is 1. The molecule has 1 rings (SSSR count). The highest BCUT2D eigenvalue weighted by molar-refractivity contribution is 5.42. The summed E-state index contributed by atoms with van der Waals surface area (Å²) in [7, 11) is 1.64. The molecule has 0 aliphatic heterocycles. The molecule has 1 aromatic carbocycles. The first-order chi connectivity index (χ1) is 8.98. The molecule has 0 radical (unpaired) electrons. The fourth-order valence-electron chi connectivity index (χ4n) is 1.79. The molecule has 4 heteroatoms. The molecule has 0 aliphatic carbocycles. The summed E-state index contributed by atoms with van der Waals surface area (Å²) >= 11 is 0. The second-order valence-corrected chi connectivity index (χ2v) is 5.16. The molecular weight excluding hydrogens is 242 g/mol. The van der Waals surface area contributed by atoms with Crippen LogP contribution in [0.25, 0.3) is 0 Å². The minimum absolute atomic E-state index is 0.291. The van der Waals surface area contributed by atoms with E-state index in [9.17, 15) is 5.11 Å². The largest absolute Gasteiger partial charge is 0.493 e. The van der Waals surface area contributed by atoms with Gasteiger partial charge in [-0.15, -0.1) is 0 Å². The van der Waals surface area contributed by atoms with Gasteiger partial charge in [0.15, 0.2) is 11.5 Å². The van der Waals surface area contributed by atoms with Crippen LogP contribution in [0.3, 0.4) is 0 Å². The summed E-state index contributed by atoms with van der Waals surface area (Å²) in [6.45, 7) is 4.68. The molecule has 0 amide bonds. The number of hydrogen-bond acceptors (Lipinski definition) is 4. The lowest BCUT2D eigenvalue weighted by Crippen LogP contribution is -2.33. The smallest absolute Gasteiger partial charge is 0.161 e. The lowest BCUT2D eigenvalue weighted by molar-refractivity contribution is 0.0561. The van der Waals surface area contributed by atoms with Gasteiger partial charge in [0, 0.05) is 6.54 Å². The zero-order valence-electron chi connectivity index (χ0n) is 12.1. The summed E-state index contributed by atoms with van der Waals surface area (Å²) in [6, 6.07) is 5.87. The molecule has 1 atom stereocenters. The van der Waals surface area contributed by atoms with Gasteiger partial charge >= 0.3 is 0 Å². The highest BCUT2D eigenvalue weighted by Crippen LogP contribution is 2.28. The van der Waals surface area contributed by atoms with Crippen molar-refractivity contribution in [2.45, 2.75) is 38.7 Å². The average molecular weight is 267 g/mol. The minimum Gasteiger partial charge on any atom is -0.493 e. The highest BCUT2D eigenvalue weighted by atomic mass is 16.5. The van der Waals surface area contributed by atoms with E-state index in [1.165, 1.54) is 0 Å². The normalized spacial score (nSPS) is 13.9. The van der Waals surface area contributed by atoms with Crippen molar-refractivity contribution >= 4 is 0 Å². The molecular formula is C15H25NO3. The third-order valence-electron chi connectivity index (χ3n) is 3.13. The third-order valence-corrected chi connectivity index (χ3v) is 3.13. The van der Waals surface area contributed by atoms with Gasteiger partial charge in [-0.2, -0.15) is 0 Å². The molecule has 0 saturated heterocycles. The van der Waals surface area contributed by atoms with Crippen molar-refractivity contribution < 1.29 is 14.6 Å².